The van der Waals surface area contributed by atoms with Gasteiger partial charge in [-0.1, -0.05) is 0 Å². The van der Waals surface area contributed by atoms with E-state index in [9.17, 15) is 4.79 Å². The van der Waals surface area contributed by atoms with Crippen molar-refractivity contribution >= 4 is 5.78 Å². The van der Waals surface area contributed by atoms with E-state index in [0.29, 0.717) is 25.2 Å². The van der Waals surface area contributed by atoms with Crippen molar-refractivity contribution in [3.8, 4) is 5.88 Å². The Morgan fingerprint density at radius 3 is 2.88 bits per heavy atom. The highest BCUT2D eigenvalue weighted by Crippen LogP contribution is 2.46. The summed E-state index contributed by atoms with van der Waals surface area (Å²) in [6.45, 7) is 2.75. The standard InChI is InChI=1S/C13H15NO2/c1-9-6-11-12(14-7-9)16-8-13(11)4-2-10(15)3-5-13/h6-7H,2-5,8H2,1H3. The molecule has 3 heteroatoms. The lowest BCUT2D eigenvalue weighted by Crippen LogP contribution is -2.33. The van der Waals surface area contributed by atoms with Crippen LogP contribution in [0, 0.1) is 6.92 Å². The second-order valence-electron chi connectivity index (χ2n) is 4.97. The number of Topliss-reactive ketones (excluding diaryl/α,β-unsaturated/α-hetero) is 1. The molecule has 84 valence electrons. The number of fused-ring (bicyclic) bond motifs is 2. The quantitative estimate of drug-likeness (QED) is 0.668. The SMILES string of the molecule is Cc1cnc2c(c1)C1(CCC(=O)CC1)CO2. The average Bonchev–Trinajstić information content (AvgIpc) is 2.62. The van der Waals surface area contributed by atoms with Crippen molar-refractivity contribution < 1.29 is 9.53 Å². The van der Waals surface area contributed by atoms with Gasteiger partial charge in [0.05, 0.1) is 6.61 Å². The summed E-state index contributed by atoms with van der Waals surface area (Å²) in [6, 6.07) is 2.17. The molecule has 0 atom stereocenters. The molecule has 0 saturated heterocycles. The molecule has 2 aliphatic rings. The first-order valence-corrected chi connectivity index (χ1v) is 5.81. The maximum absolute atomic E-state index is 11.3. The highest BCUT2D eigenvalue weighted by molar-refractivity contribution is 5.79. The second kappa shape index (κ2) is 3.30. The minimum Gasteiger partial charge on any atom is -0.476 e. The van der Waals surface area contributed by atoms with Crippen LogP contribution in [0.3, 0.4) is 0 Å². The van der Waals surface area contributed by atoms with Crippen molar-refractivity contribution in [3.63, 3.8) is 0 Å². The summed E-state index contributed by atoms with van der Waals surface area (Å²) in [4.78, 5) is 15.6. The molecule has 0 unspecified atom stereocenters. The topological polar surface area (TPSA) is 39.2 Å². The number of aryl methyl sites for hydroxylation is 1. The Morgan fingerprint density at radius 2 is 2.12 bits per heavy atom. The van der Waals surface area contributed by atoms with Crippen molar-refractivity contribution in [3.05, 3.63) is 23.4 Å². The zero-order valence-electron chi connectivity index (χ0n) is 9.45. The highest BCUT2D eigenvalue weighted by Gasteiger charge is 2.43. The van der Waals surface area contributed by atoms with E-state index in [-0.39, 0.29) is 5.41 Å². The van der Waals surface area contributed by atoms with E-state index in [0.717, 1.165) is 18.7 Å². The molecular weight excluding hydrogens is 202 g/mol. The molecule has 1 aromatic rings. The average molecular weight is 217 g/mol. The van der Waals surface area contributed by atoms with E-state index in [4.69, 9.17) is 4.74 Å². The first kappa shape index (κ1) is 9.82. The Bertz CT molecular complexity index is 443. The lowest BCUT2D eigenvalue weighted by atomic mass is 9.71. The molecule has 0 bridgehead atoms. The molecule has 1 aromatic heterocycles. The van der Waals surface area contributed by atoms with Crippen LogP contribution in [0.4, 0.5) is 0 Å². The van der Waals surface area contributed by atoms with E-state index < -0.39 is 0 Å². The zero-order valence-corrected chi connectivity index (χ0v) is 9.45. The molecule has 0 amide bonds. The van der Waals surface area contributed by atoms with Crippen LogP contribution in [0.1, 0.15) is 36.8 Å². The molecule has 1 saturated carbocycles. The third-order valence-electron chi connectivity index (χ3n) is 3.81. The van der Waals surface area contributed by atoms with Gasteiger partial charge in [0.25, 0.3) is 0 Å². The lowest BCUT2D eigenvalue weighted by molar-refractivity contribution is -0.121. The van der Waals surface area contributed by atoms with Gasteiger partial charge in [0.1, 0.15) is 5.78 Å². The summed E-state index contributed by atoms with van der Waals surface area (Å²) in [6.07, 6.45) is 5.06. The number of pyridine rings is 1. The Labute approximate surface area is 94.8 Å². The summed E-state index contributed by atoms with van der Waals surface area (Å²) in [5.41, 5.74) is 2.46. The first-order chi connectivity index (χ1) is 7.70. The lowest BCUT2D eigenvalue weighted by Gasteiger charge is -2.31. The molecule has 1 aliphatic carbocycles. The number of aromatic nitrogens is 1. The fourth-order valence-electron chi connectivity index (χ4n) is 2.76. The van der Waals surface area contributed by atoms with Gasteiger partial charge in [0.2, 0.25) is 5.88 Å². The molecule has 3 rings (SSSR count). The fraction of sp³-hybridized carbons (Fsp3) is 0.538. The number of carbonyl (C=O) groups excluding carboxylic acids is 1. The summed E-state index contributed by atoms with van der Waals surface area (Å²) in [7, 11) is 0. The van der Waals surface area contributed by atoms with Crippen molar-refractivity contribution in [2.24, 2.45) is 0 Å². The molecule has 3 nitrogen and oxygen atoms in total. The zero-order chi connectivity index (χ0) is 11.2. The van der Waals surface area contributed by atoms with Crippen LogP contribution in [0.5, 0.6) is 5.88 Å². The van der Waals surface area contributed by atoms with Crippen LogP contribution in [-0.4, -0.2) is 17.4 Å². The van der Waals surface area contributed by atoms with Gasteiger partial charge in [-0.25, -0.2) is 4.98 Å². The van der Waals surface area contributed by atoms with Gasteiger partial charge >= 0.3 is 0 Å². The molecule has 0 N–H and O–H groups in total. The van der Waals surface area contributed by atoms with Crippen LogP contribution in [0.2, 0.25) is 0 Å². The number of hydrogen-bond acceptors (Lipinski definition) is 3. The smallest absolute Gasteiger partial charge is 0.217 e. The summed E-state index contributed by atoms with van der Waals surface area (Å²) in [5.74, 6) is 1.17. The number of ether oxygens (including phenoxy) is 1. The van der Waals surface area contributed by atoms with E-state index in [1.807, 2.05) is 13.1 Å². The molecule has 16 heavy (non-hydrogen) atoms. The number of nitrogens with zero attached hydrogens (tertiary/aromatic N) is 1. The molecule has 1 fully saturated rings. The van der Waals surface area contributed by atoms with Crippen molar-refractivity contribution in [1.29, 1.82) is 0 Å². The molecular formula is C13H15NO2. The van der Waals surface area contributed by atoms with Crippen LogP contribution < -0.4 is 4.74 Å². The normalized spacial score (nSPS) is 21.9. The van der Waals surface area contributed by atoms with Gasteiger partial charge in [-0.3, -0.25) is 4.79 Å². The highest BCUT2D eigenvalue weighted by atomic mass is 16.5. The third-order valence-corrected chi connectivity index (χ3v) is 3.81. The van der Waals surface area contributed by atoms with Crippen LogP contribution in [0.25, 0.3) is 0 Å². The number of ketones is 1. The number of carbonyl (C=O) groups is 1. The van der Waals surface area contributed by atoms with Crippen molar-refractivity contribution in [1.82, 2.24) is 4.98 Å². The van der Waals surface area contributed by atoms with Gasteiger partial charge < -0.3 is 4.74 Å². The van der Waals surface area contributed by atoms with Gasteiger partial charge in [-0.2, -0.15) is 0 Å². The second-order valence-corrected chi connectivity index (χ2v) is 4.97. The van der Waals surface area contributed by atoms with Gasteiger partial charge in [-0.15, -0.1) is 0 Å². The molecule has 1 spiro atoms. The molecule has 0 aromatic carbocycles. The Hall–Kier alpha value is -1.38. The van der Waals surface area contributed by atoms with E-state index >= 15 is 0 Å². The largest absolute Gasteiger partial charge is 0.476 e. The van der Waals surface area contributed by atoms with Crippen LogP contribution in [-0.2, 0) is 10.2 Å². The minimum absolute atomic E-state index is 0.0717. The van der Waals surface area contributed by atoms with E-state index in [2.05, 4.69) is 11.1 Å². The van der Waals surface area contributed by atoms with E-state index in [1.54, 1.807) is 0 Å². The summed E-state index contributed by atoms with van der Waals surface area (Å²) < 4.78 is 5.66. The predicted molar refractivity (Wildman–Crippen MR) is 59.6 cm³/mol. The third kappa shape index (κ3) is 1.34. The van der Waals surface area contributed by atoms with E-state index in [1.165, 1.54) is 11.1 Å². The molecule has 1 aliphatic heterocycles. The molecule has 2 heterocycles. The molecule has 0 radical (unpaired) electrons. The van der Waals surface area contributed by atoms with Gasteiger partial charge in [0, 0.05) is 30.0 Å². The fourth-order valence-corrected chi connectivity index (χ4v) is 2.76. The summed E-state index contributed by atoms with van der Waals surface area (Å²) >= 11 is 0. The van der Waals surface area contributed by atoms with Crippen molar-refractivity contribution in [2.45, 2.75) is 38.0 Å². The summed E-state index contributed by atoms with van der Waals surface area (Å²) in [5, 5.41) is 0. The minimum atomic E-state index is 0.0717. The maximum Gasteiger partial charge on any atom is 0.217 e. The van der Waals surface area contributed by atoms with Gasteiger partial charge in [-0.05, 0) is 31.4 Å². The van der Waals surface area contributed by atoms with Crippen LogP contribution in [0.15, 0.2) is 12.3 Å². The van der Waals surface area contributed by atoms with Crippen LogP contribution >= 0.6 is 0 Å². The Morgan fingerprint density at radius 1 is 1.38 bits per heavy atom. The van der Waals surface area contributed by atoms with Gasteiger partial charge in [0.15, 0.2) is 0 Å². The number of rotatable bonds is 0. The monoisotopic (exact) mass is 217 g/mol. The Balaban J connectivity index is 2.01. The first-order valence-electron chi connectivity index (χ1n) is 5.81. The Kier molecular flexibility index (Phi) is 2.03. The maximum atomic E-state index is 11.3. The van der Waals surface area contributed by atoms with Crippen molar-refractivity contribution in [2.75, 3.05) is 6.61 Å². The number of hydrogen-bond donors (Lipinski definition) is 0. The predicted octanol–water partition coefficient (Wildman–Crippen LogP) is 2.16.